The number of anilines is 2. The summed E-state index contributed by atoms with van der Waals surface area (Å²) in [5.41, 5.74) is 9.37. The highest BCUT2D eigenvalue weighted by Gasteiger charge is 2.24. The van der Waals surface area contributed by atoms with E-state index in [1.54, 1.807) is 19.1 Å². The molecule has 9 rings (SSSR count). The highest BCUT2D eigenvalue weighted by atomic mass is 35.5. The zero-order valence-corrected chi connectivity index (χ0v) is 44.8. The number of aromatic nitrogens is 2. The van der Waals surface area contributed by atoms with Gasteiger partial charge in [0.1, 0.15) is 18.1 Å². The quantitative estimate of drug-likeness (QED) is 0.0957. The maximum atomic E-state index is 12.4. The van der Waals surface area contributed by atoms with Gasteiger partial charge >= 0.3 is 6.03 Å². The Morgan fingerprint density at radius 2 is 1.51 bits per heavy atom. The zero-order chi connectivity index (χ0) is 51.7. The first-order valence-corrected chi connectivity index (χ1v) is 27.5. The van der Waals surface area contributed by atoms with Gasteiger partial charge in [-0.3, -0.25) is 9.78 Å². The molecule has 16 heteroatoms. The summed E-state index contributed by atoms with van der Waals surface area (Å²) in [4.78, 5) is 41.6. The molecule has 0 saturated heterocycles. The maximum Gasteiger partial charge on any atom is 0.328 e. The van der Waals surface area contributed by atoms with Gasteiger partial charge in [-0.15, -0.1) is 0 Å². The van der Waals surface area contributed by atoms with Gasteiger partial charge in [-0.05, 0) is 145 Å². The first-order valence-electron chi connectivity index (χ1n) is 24.9. The molecular formula is C57H67ClN8O5S2. The van der Waals surface area contributed by atoms with Gasteiger partial charge < -0.3 is 30.1 Å². The standard InChI is InChI=1S/C21H27N5O4S.C19H21NO.C17H19ClN2S/c1-15-13-24-19(14-23-15)20(27)22-12-11-16-7-9-18(10-8-16)31(29,30)26-21(28)25-17-5-3-2-4-6-17;1-20(2)13-7-11-17-16-9-4-3-8-15(16)14-21-19-12-6-5-10-18(17)19;1-19(2)10-5-11-20-14-6-3-4-7-16(14)21-17-9-8-13(18)12-15(17)20/h7-10,13-14,17H,2-6,11-12H2,1H3,(H,22,27)(H2,25,26,28);3-6,8-12H,7,13-14H2,1-2H3;3-4,6-9,12H,5,10-11H2,1-2H3. The minimum Gasteiger partial charge on any atom is -0.488 e. The fourth-order valence-corrected chi connectivity index (χ4v) is 10.9. The number of sulfonamides is 1. The van der Waals surface area contributed by atoms with E-state index in [1.807, 2.05) is 23.9 Å². The summed E-state index contributed by atoms with van der Waals surface area (Å²) in [5, 5.41) is 6.28. The second-order valence-corrected chi connectivity index (χ2v) is 22.0. The highest BCUT2D eigenvalue weighted by molar-refractivity contribution is 7.99. The van der Waals surface area contributed by atoms with Crippen LogP contribution in [-0.4, -0.2) is 101 Å². The number of para-hydroxylation sites is 2. The first kappa shape index (κ1) is 54.5. The number of nitrogens with one attached hydrogen (secondary N) is 3. The molecule has 1 aliphatic carbocycles. The number of aryl methyl sites for hydroxylation is 1. The third-order valence-electron chi connectivity index (χ3n) is 12.5. The van der Waals surface area contributed by atoms with Gasteiger partial charge in [0, 0.05) is 52.3 Å². The molecule has 1 saturated carbocycles. The van der Waals surface area contributed by atoms with Crippen molar-refractivity contribution < 1.29 is 22.7 Å². The second-order valence-electron chi connectivity index (χ2n) is 18.7. The Bertz CT molecular complexity index is 2880. The van der Waals surface area contributed by atoms with E-state index in [0.717, 1.165) is 86.6 Å². The Kier molecular flexibility index (Phi) is 19.9. The van der Waals surface area contributed by atoms with Gasteiger partial charge in [-0.2, -0.15) is 0 Å². The SMILES string of the molecule is CN(C)CCC=C1c2ccccc2COc2ccccc21.CN(C)CCCN1c2ccccc2Sc2ccc(Cl)cc21.Cc1cnc(C(=O)NCCc2ccc(S(=O)(=O)NC(=O)NC3CCCCC3)cc2)cn1. The smallest absolute Gasteiger partial charge is 0.328 e. The van der Waals surface area contributed by atoms with E-state index >= 15 is 0 Å². The van der Waals surface area contributed by atoms with Crippen molar-refractivity contribution in [2.75, 3.05) is 59.3 Å². The van der Waals surface area contributed by atoms with Gasteiger partial charge in [-0.25, -0.2) is 22.9 Å². The molecule has 13 nitrogen and oxygen atoms in total. The number of carbonyl (C=O) groups is 2. The fourth-order valence-electron chi connectivity index (χ4n) is 8.70. The molecule has 73 heavy (non-hydrogen) atoms. The third kappa shape index (κ3) is 15.9. The largest absolute Gasteiger partial charge is 0.488 e. The van der Waals surface area contributed by atoms with Crippen LogP contribution in [0.15, 0.2) is 148 Å². The lowest BCUT2D eigenvalue weighted by molar-refractivity contribution is 0.0948. The minimum atomic E-state index is -3.95. The Morgan fingerprint density at radius 1 is 0.808 bits per heavy atom. The topological polar surface area (TPSA) is 149 Å². The predicted octanol–water partition coefficient (Wildman–Crippen LogP) is 10.9. The fraction of sp³-hybridized carbons (Fsp3) is 0.333. The first-order chi connectivity index (χ1) is 35.2. The molecule has 1 fully saturated rings. The average molecular weight is 1040 g/mol. The van der Waals surface area contributed by atoms with E-state index in [9.17, 15) is 18.0 Å². The predicted molar refractivity (Wildman–Crippen MR) is 295 cm³/mol. The Balaban J connectivity index is 0.000000165. The van der Waals surface area contributed by atoms with Crippen LogP contribution in [0.1, 0.15) is 83.4 Å². The van der Waals surface area contributed by atoms with Crippen LogP contribution in [0.2, 0.25) is 5.02 Å². The number of benzene rings is 5. The molecule has 3 amide bonds. The van der Waals surface area contributed by atoms with Crippen molar-refractivity contribution in [1.29, 1.82) is 0 Å². The molecule has 0 spiro atoms. The van der Waals surface area contributed by atoms with E-state index in [-0.39, 0.29) is 22.5 Å². The number of hydrogen-bond donors (Lipinski definition) is 3. The minimum absolute atomic E-state index is 0.00834. The van der Waals surface area contributed by atoms with Crippen LogP contribution in [0.3, 0.4) is 0 Å². The number of urea groups is 1. The van der Waals surface area contributed by atoms with Crippen LogP contribution in [0.5, 0.6) is 5.75 Å². The lowest BCUT2D eigenvalue weighted by Gasteiger charge is -2.33. The van der Waals surface area contributed by atoms with Crippen LogP contribution in [-0.2, 0) is 23.1 Å². The molecule has 3 N–H and O–H groups in total. The van der Waals surface area contributed by atoms with Crippen LogP contribution < -0.4 is 25.0 Å². The molecule has 0 atom stereocenters. The Morgan fingerprint density at radius 3 is 2.25 bits per heavy atom. The summed E-state index contributed by atoms with van der Waals surface area (Å²) < 4.78 is 32.9. The van der Waals surface area contributed by atoms with Crippen molar-refractivity contribution in [2.45, 2.75) is 85.6 Å². The molecule has 6 aromatic rings. The molecule has 5 aromatic carbocycles. The number of carbonyl (C=O) groups excluding carboxylic acids is 2. The van der Waals surface area contributed by atoms with Gasteiger partial charge in [0.05, 0.1) is 28.2 Å². The molecule has 0 radical (unpaired) electrons. The molecular weight excluding hydrogens is 976 g/mol. The van der Waals surface area contributed by atoms with Crippen molar-refractivity contribution in [3.05, 3.63) is 172 Å². The summed E-state index contributed by atoms with van der Waals surface area (Å²) in [5.74, 6) is 0.657. The second kappa shape index (κ2) is 26.6. The number of fused-ring (bicyclic) bond motifs is 4. The Labute approximate surface area is 440 Å². The van der Waals surface area contributed by atoms with E-state index in [2.05, 4.69) is 153 Å². The Hall–Kier alpha value is -6.23. The summed E-state index contributed by atoms with van der Waals surface area (Å²) in [6.07, 6.45) is 12.9. The molecule has 384 valence electrons. The van der Waals surface area contributed by atoms with Crippen molar-refractivity contribution in [3.8, 4) is 5.75 Å². The number of rotatable bonds is 14. The number of hydrogen-bond acceptors (Lipinski definition) is 11. The zero-order valence-electron chi connectivity index (χ0n) is 42.4. The van der Waals surface area contributed by atoms with Crippen molar-refractivity contribution >= 4 is 62.3 Å². The molecule has 3 aliphatic rings. The van der Waals surface area contributed by atoms with Gasteiger partial charge in [-0.1, -0.05) is 115 Å². The summed E-state index contributed by atoms with van der Waals surface area (Å²) >= 11 is 8.03. The molecule has 0 unspecified atom stereocenters. The lowest BCUT2D eigenvalue weighted by Crippen LogP contribution is -2.45. The van der Waals surface area contributed by atoms with Crippen molar-refractivity contribution in [3.63, 3.8) is 0 Å². The molecule has 3 heterocycles. The third-order valence-corrected chi connectivity index (χ3v) is 15.2. The van der Waals surface area contributed by atoms with Gasteiger partial charge in [0.25, 0.3) is 15.9 Å². The number of amides is 3. The molecule has 2 aliphatic heterocycles. The lowest BCUT2D eigenvalue weighted by atomic mass is 9.93. The van der Waals surface area contributed by atoms with Crippen LogP contribution in [0.4, 0.5) is 16.2 Å². The van der Waals surface area contributed by atoms with Crippen LogP contribution in [0.25, 0.3) is 5.57 Å². The van der Waals surface area contributed by atoms with E-state index in [1.165, 1.54) is 68.0 Å². The summed E-state index contributed by atoms with van der Waals surface area (Å²) in [6.45, 7) is 5.93. The van der Waals surface area contributed by atoms with Crippen LogP contribution >= 0.6 is 23.4 Å². The average Bonchev–Trinajstić information content (AvgIpc) is 3.53. The van der Waals surface area contributed by atoms with Crippen LogP contribution in [0, 0.1) is 6.92 Å². The van der Waals surface area contributed by atoms with E-state index in [0.29, 0.717) is 19.6 Å². The number of nitrogens with zero attached hydrogens (tertiary/aromatic N) is 5. The highest BCUT2D eigenvalue weighted by Crippen LogP contribution is 2.48. The monoisotopic (exact) mass is 1040 g/mol. The van der Waals surface area contributed by atoms with Crippen molar-refractivity contribution in [2.24, 2.45) is 0 Å². The van der Waals surface area contributed by atoms with Gasteiger partial charge in [0.2, 0.25) is 0 Å². The van der Waals surface area contributed by atoms with E-state index in [4.69, 9.17) is 16.3 Å². The molecule has 1 aromatic heterocycles. The van der Waals surface area contributed by atoms with Crippen molar-refractivity contribution in [1.82, 2.24) is 35.1 Å². The molecule has 0 bridgehead atoms. The summed E-state index contributed by atoms with van der Waals surface area (Å²) in [7, 11) is 4.50. The summed E-state index contributed by atoms with van der Waals surface area (Å²) in [6, 6.07) is 37.1. The van der Waals surface area contributed by atoms with Gasteiger partial charge in [0.15, 0.2) is 0 Å². The number of halogens is 1. The van der Waals surface area contributed by atoms with E-state index < -0.39 is 16.1 Å². The number of ether oxygens (including phenoxy) is 1. The maximum absolute atomic E-state index is 12.4. The normalized spacial score (nSPS) is 14.4.